The molecule has 4 heteroatoms. The van der Waals surface area contributed by atoms with E-state index in [1.54, 1.807) is 0 Å². The Morgan fingerprint density at radius 2 is 1.77 bits per heavy atom. The van der Waals surface area contributed by atoms with E-state index in [2.05, 4.69) is 27.9 Å². The third kappa shape index (κ3) is 3.99. The summed E-state index contributed by atoms with van der Waals surface area (Å²) in [5, 5.41) is 3.06. The van der Waals surface area contributed by atoms with Crippen molar-refractivity contribution in [2.75, 3.05) is 11.0 Å². The largest absolute Gasteiger partial charge is 0.312 e. The van der Waals surface area contributed by atoms with Gasteiger partial charge in [-0.05, 0) is 17.7 Å². The van der Waals surface area contributed by atoms with Crippen molar-refractivity contribution in [3.05, 3.63) is 35.4 Å². The molecule has 0 spiro atoms. The van der Waals surface area contributed by atoms with E-state index in [1.165, 1.54) is 12.1 Å². The van der Waals surface area contributed by atoms with Crippen molar-refractivity contribution in [3.8, 4) is 0 Å². The third-order valence-electron chi connectivity index (χ3n) is 1.52. The fraction of sp³-hybridized carbons (Fsp3) is 0.333. The summed E-state index contributed by atoms with van der Waals surface area (Å²) in [5.74, 6) is -1.04. The van der Waals surface area contributed by atoms with Crippen LogP contribution in [0.3, 0.4) is 0 Å². The Hall–Kier alpha value is -0.230. The van der Waals surface area contributed by atoms with Gasteiger partial charge in [0.25, 0.3) is 0 Å². The van der Waals surface area contributed by atoms with Crippen LogP contribution in [0.5, 0.6) is 0 Å². The van der Waals surface area contributed by atoms with E-state index in [0.29, 0.717) is 12.1 Å². The predicted molar refractivity (Wildman–Crippen MR) is 57.0 cm³/mol. The number of rotatable bonds is 4. The van der Waals surface area contributed by atoms with Crippen LogP contribution in [0.2, 0.25) is 0 Å². The first-order chi connectivity index (χ1) is 6.22. The molecule has 1 nitrogen and oxygen atoms in total. The highest BCUT2D eigenvalue weighted by Crippen LogP contribution is 2.07. The maximum atomic E-state index is 12.7. The Balaban J connectivity index is 2.56. The SMILES string of the molecule is Fc1cc(F)cc(CNCCI)c1. The molecule has 0 saturated heterocycles. The van der Waals surface area contributed by atoms with E-state index >= 15 is 0 Å². The Bertz CT molecular complexity index is 258. The zero-order valence-corrected chi connectivity index (χ0v) is 9.14. The summed E-state index contributed by atoms with van der Waals surface area (Å²) in [6, 6.07) is 3.55. The van der Waals surface area contributed by atoms with Crippen molar-refractivity contribution in [2.45, 2.75) is 6.54 Å². The fourth-order valence-corrected chi connectivity index (χ4v) is 1.39. The minimum atomic E-state index is -0.522. The van der Waals surface area contributed by atoms with E-state index in [9.17, 15) is 8.78 Å². The zero-order chi connectivity index (χ0) is 9.68. The second kappa shape index (κ2) is 5.49. The lowest BCUT2D eigenvalue weighted by molar-refractivity contribution is 0.576. The normalized spacial score (nSPS) is 10.4. The molecule has 0 saturated carbocycles. The first kappa shape index (κ1) is 10.8. The second-order valence-electron chi connectivity index (χ2n) is 2.64. The van der Waals surface area contributed by atoms with Crippen LogP contribution >= 0.6 is 22.6 Å². The van der Waals surface area contributed by atoms with Gasteiger partial charge in [-0.1, -0.05) is 22.6 Å². The molecule has 0 aliphatic heterocycles. The van der Waals surface area contributed by atoms with Crippen LogP contribution < -0.4 is 5.32 Å². The average Bonchev–Trinajstić information content (AvgIpc) is 2.03. The molecule has 1 aromatic rings. The third-order valence-corrected chi connectivity index (χ3v) is 2.06. The number of halogens is 3. The van der Waals surface area contributed by atoms with Crippen LogP contribution in [0, 0.1) is 11.6 Å². The minimum absolute atomic E-state index is 0.512. The number of alkyl halides is 1. The molecule has 13 heavy (non-hydrogen) atoms. The predicted octanol–water partition coefficient (Wildman–Crippen LogP) is 2.49. The highest BCUT2D eigenvalue weighted by atomic mass is 127. The molecule has 0 fully saturated rings. The highest BCUT2D eigenvalue weighted by molar-refractivity contribution is 14.1. The molecule has 72 valence electrons. The van der Waals surface area contributed by atoms with Crippen LogP contribution in [0.4, 0.5) is 8.78 Å². The van der Waals surface area contributed by atoms with Gasteiger partial charge in [-0.2, -0.15) is 0 Å². The van der Waals surface area contributed by atoms with Gasteiger partial charge in [0.1, 0.15) is 11.6 Å². The van der Waals surface area contributed by atoms with E-state index < -0.39 is 11.6 Å². The molecular formula is C9H10F2IN. The number of benzene rings is 1. The summed E-state index contributed by atoms with van der Waals surface area (Å²) in [7, 11) is 0. The van der Waals surface area contributed by atoms with Gasteiger partial charge in [0.2, 0.25) is 0 Å². The lowest BCUT2D eigenvalue weighted by Crippen LogP contribution is -2.15. The molecule has 1 aromatic carbocycles. The second-order valence-corrected chi connectivity index (χ2v) is 3.72. The van der Waals surface area contributed by atoms with Crippen LogP contribution in [0.15, 0.2) is 18.2 Å². The van der Waals surface area contributed by atoms with E-state index in [0.717, 1.165) is 17.0 Å². The quantitative estimate of drug-likeness (QED) is 0.511. The van der Waals surface area contributed by atoms with Crippen molar-refractivity contribution in [1.29, 1.82) is 0 Å². The lowest BCUT2D eigenvalue weighted by Gasteiger charge is -2.02. The van der Waals surface area contributed by atoms with E-state index in [4.69, 9.17) is 0 Å². The molecule has 1 N–H and O–H groups in total. The first-order valence-electron chi connectivity index (χ1n) is 3.94. The summed E-state index contributed by atoms with van der Waals surface area (Å²) >= 11 is 2.23. The average molecular weight is 297 g/mol. The summed E-state index contributed by atoms with van der Waals surface area (Å²) in [6.45, 7) is 1.36. The van der Waals surface area contributed by atoms with Gasteiger partial charge < -0.3 is 5.32 Å². The van der Waals surface area contributed by atoms with Crippen molar-refractivity contribution in [2.24, 2.45) is 0 Å². The maximum Gasteiger partial charge on any atom is 0.126 e. The van der Waals surface area contributed by atoms with Gasteiger partial charge >= 0.3 is 0 Å². The molecule has 0 aliphatic carbocycles. The summed E-state index contributed by atoms with van der Waals surface area (Å²) in [4.78, 5) is 0. The Labute approximate surface area is 89.7 Å². The van der Waals surface area contributed by atoms with E-state index in [-0.39, 0.29) is 0 Å². The first-order valence-corrected chi connectivity index (χ1v) is 5.46. The van der Waals surface area contributed by atoms with Gasteiger partial charge in [0.05, 0.1) is 0 Å². The highest BCUT2D eigenvalue weighted by Gasteiger charge is 1.99. The smallest absolute Gasteiger partial charge is 0.126 e. The fourth-order valence-electron chi connectivity index (χ4n) is 1.01. The molecule has 0 aliphatic rings. The monoisotopic (exact) mass is 297 g/mol. The Morgan fingerprint density at radius 3 is 2.31 bits per heavy atom. The van der Waals surface area contributed by atoms with Crippen LogP contribution in [-0.4, -0.2) is 11.0 Å². The Morgan fingerprint density at radius 1 is 1.15 bits per heavy atom. The summed E-state index contributed by atoms with van der Waals surface area (Å²) < 4.78 is 26.3. The van der Waals surface area contributed by atoms with E-state index in [1.807, 2.05) is 0 Å². The summed E-state index contributed by atoms with van der Waals surface area (Å²) in [6.07, 6.45) is 0. The van der Waals surface area contributed by atoms with Crippen molar-refractivity contribution < 1.29 is 8.78 Å². The van der Waals surface area contributed by atoms with Gasteiger partial charge in [-0.15, -0.1) is 0 Å². The van der Waals surface area contributed by atoms with Gasteiger partial charge in [-0.3, -0.25) is 0 Å². The topological polar surface area (TPSA) is 12.0 Å². The minimum Gasteiger partial charge on any atom is -0.312 e. The maximum absolute atomic E-state index is 12.7. The molecule has 0 atom stereocenters. The zero-order valence-electron chi connectivity index (χ0n) is 6.99. The number of hydrogen-bond donors (Lipinski definition) is 1. The van der Waals surface area contributed by atoms with Crippen molar-refractivity contribution in [1.82, 2.24) is 5.32 Å². The molecule has 0 aromatic heterocycles. The molecular weight excluding hydrogens is 287 g/mol. The van der Waals surface area contributed by atoms with Gasteiger partial charge in [-0.25, -0.2) is 8.78 Å². The lowest BCUT2D eigenvalue weighted by atomic mass is 10.2. The standard InChI is InChI=1S/C9H10F2IN/c10-8-3-7(4-9(11)5-8)6-13-2-1-12/h3-5,13H,1-2,6H2. The van der Waals surface area contributed by atoms with Gasteiger partial charge in [0, 0.05) is 23.6 Å². The number of nitrogens with one attached hydrogen (secondary N) is 1. The van der Waals surface area contributed by atoms with Crippen LogP contribution in [0.1, 0.15) is 5.56 Å². The van der Waals surface area contributed by atoms with Gasteiger partial charge in [0.15, 0.2) is 0 Å². The van der Waals surface area contributed by atoms with Crippen LogP contribution in [-0.2, 0) is 6.54 Å². The Kier molecular flexibility index (Phi) is 4.58. The molecule has 1 rings (SSSR count). The van der Waals surface area contributed by atoms with Crippen molar-refractivity contribution >= 4 is 22.6 Å². The number of hydrogen-bond acceptors (Lipinski definition) is 1. The molecule has 0 heterocycles. The van der Waals surface area contributed by atoms with Crippen molar-refractivity contribution in [3.63, 3.8) is 0 Å². The molecule has 0 bridgehead atoms. The van der Waals surface area contributed by atoms with Crippen LogP contribution in [0.25, 0.3) is 0 Å². The summed E-state index contributed by atoms with van der Waals surface area (Å²) in [5.41, 5.74) is 0.641. The molecule has 0 unspecified atom stereocenters. The molecule has 0 radical (unpaired) electrons. The molecule has 0 amide bonds.